The third kappa shape index (κ3) is 1.97. The fraction of sp³-hybridized carbons (Fsp3) is 0.417. The third-order valence-electron chi connectivity index (χ3n) is 3.34. The number of nitrogens with zero attached hydrogens (tertiary/aromatic N) is 6. The van der Waals surface area contributed by atoms with E-state index >= 15 is 0 Å². The lowest BCUT2D eigenvalue weighted by atomic mass is 10.4. The fourth-order valence-corrected chi connectivity index (χ4v) is 2.17. The molecular weight excluding hydrogens is 276 g/mol. The monoisotopic (exact) mass is 290 g/mol. The van der Waals surface area contributed by atoms with E-state index in [0.29, 0.717) is 29.3 Å². The molecule has 0 N–H and O–H groups in total. The second-order valence-corrected chi connectivity index (χ2v) is 4.71. The second kappa shape index (κ2) is 4.69. The van der Waals surface area contributed by atoms with Gasteiger partial charge in [0.05, 0.1) is 12.9 Å². The Morgan fingerprint density at radius 2 is 2.00 bits per heavy atom. The van der Waals surface area contributed by atoms with Gasteiger partial charge in [-0.15, -0.1) is 0 Å². The van der Waals surface area contributed by atoms with Crippen molar-refractivity contribution in [1.29, 1.82) is 0 Å². The van der Waals surface area contributed by atoms with Gasteiger partial charge in [0.15, 0.2) is 17.0 Å². The Bertz CT molecular complexity index is 929. The van der Waals surface area contributed by atoms with Crippen LogP contribution in [0.3, 0.4) is 0 Å². The van der Waals surface area contributed by atoms with Crippen LogP contribution >= 0.6 is 0 Å². The van der Waals surface area contributed by atoms with Crippen LogP contribution in [0, 0.1) is 0 Å². The zero-order chi connectivity index (χ0) is 15.1. The summed E-state index contributed by atoms with van der Waals surface area (Å²) in [6, 6.07) is 0. The first-order chi connectivity index (χ1) is 10.0. The molecule has 9 nitrogen and oxygen atoms in total. The Labute approximate surface area is 118 Å². The van der Waals surface area contributed by atoms with E-state index in [4.69, 9.17) is 4.52 Å². The molecule has 9 heteroatoms. The average Bonchev–Trinajstić information content (AvgIpc) is 3.10. The van der Waals surface area contributed by atoms with Crippen LogP contribution in [-0.2, 0) is 27.1 Å². The minimum atomic E-state index is -0.411. The molecule has 0 radical (unpaired) electrons. The van der Waals surface area contributed by atoms with E-state index in [2.05, 4.69) is 15.1 Å². The molecule has 0 aliphatic carbocycles. The van der Waals surface area contributed by atoms with Gasteiger partial charge in [-0.25, -0.2) is 9.78 Å². The van der Waals surface area contributed by atoms with Gasteiger partial charge in [-0.3, -0.25) is 13.9 Å². The van der Waals surface area contributed by atoms with Crippen LogP contribution in [0.2, 0.25) is 0 Å². The molecule has 110 valence electrons. The highest BCUT2D eigenvalue weighted by molar-refractivity contribution is 5.70. The summed E-state index contributed by atoms with van der Waals surface area (Å²) in [5.41, 5.74) is -0.139. The highest BCUT2D eigenvalue weighted by atomic mass is 16.5. The first kappa shape index (κ1) is 13.3. The van der Waals surface area contributed by atoms with E-state index in [9.17, 15) is 9.59 Å². The minimum Gasteiger partial charge on any atom is -0.339 e. The summed E-state index contributed by atoms with van der Waals surface area (Å²) in [5.74, 6) is 0.997. The molecule has 0 saturated carbocycles. The van der Waals surface area contributed by atoms with Crippen molar-refractivity contribution in [3.63, 3.8) is 0 Å². The van der Waals surface area contributed by atoms with Crippen molar-refractivity contribution in [2.75, 3.05) is 0 Å². The van der Waals surface area contributed by atoms with Crippen molar-refractivity contribution in [2.45, 2.75) is 19.9 Å². The van der Waals surface area contributed by atoms with Crippen LogP contribution in [-0.4, -0.2) is 28.8 Å². The molecular formula is C12H14N6O3. The van der Waals surface area contributed by atoms with Crippen molar-refractivity contribution in [2.24, 2.45) is 14.1 Å². The average molecular weight is 290 g/mol. The third-order valence-corrected chi connectivity index (χ3v) is 3.34. The maximum atomic E-state index is 12.3. The summed E-state index contributed by atoms with van der Waals surface area (Å²) < 4.78 is 9.03. The smallest absolute Gasteiger partial charge is 0.332 e. The summed E-state index contributed by atoms with van der Waals surface area (Å²) in [5, 5.41) is 3.85. The number of hydrogen-bond donors (Lipinski definition) is 0. The number of rotatable bonds is 3. The highest BCUT2D eigenvalue weighted by Crippen LogP contribution is 2.08. The molecule has 0 spiro atoms. The molecule has 0 fully saturated rings. The first-order valence-electron chi connectivity index (χ1n) is 6.45. The topological polar surface area (TPSA) is 101 Å². The zero-order valence-corrected chi connectivity index (χ0v) is 11.9. The maximum absolute atomic E-state index is 12.3. The van der Waals surface area contributed by atoms with Crippen LogP contribution in [0.5, 0.6) is 0 Å². The van der Waals surface area contributed by atoms with Gasteiger partial charge in [0.1, 0.15) is 0 Å². The number of aryl methyl sites for hydroxylation is 2. The number of aromatic nitrogens is 6. The summed E-state index contributed by atoms with van der Waals surface area (Å²) in [6.07, 6.45) is 2.14. The molecule has 3 rings (SSSR count). The van der Waals surface area contributed by atoms with Crippen LogP contribution in [0.15, 0.2) is 20.4 Å². The van der Waals surface area contributed by atoms with Crippen LogP contribution in [0.4, 0.5) is 0 Å². The van der Waals surface area contributed by atoms with Gasteiger partial charge in [-0.05, 0) is 0 Å². The summed E-state index contributed by atoms with van der Waals surface area (Å²) in [6.45, 7) is 2.17. The molecule has 0 aromatic carbocycles. The number of imidazole rings is 1. The molecule has 3 heterocycles. The van der Waals surface area contributed by atoms with Gasteiger partial charge in [0.2, 0.25) is 5.89 Å². The molecule has 0 bridgehead atoms. The molecule has 0 unspecified atom stereocenters. The van der Waals surface area contributed by atoms with Crippen molar-refractivity contribution in [1.82, 2.24) is 28.8 Å². The van der Waals surface area contributed by atoms with E-state index in [1.165, 1.54) is 17.9 Å². The van der Waals surface area contributed by atoms with Crippen LogP contribution < -0.4 is 11.2 Å². The molecule has 21 heavy (non-hydrogen) atoms. The van der Waals surface area contributed by atoms with E-state index in [-0.39, 0.29) is 6.54 Å². The Morgan fingerprint density at radius 1 is 1.24 bits per heavy atom. The Balaban J connectivity index is 2.16. The lowest BCUT2D eigenvalue weighted by Crippen LogP contribution is -2.37. The summed E-state index contributed by atoms with van der Waals surface area (Å²) in [4.78, 5) is 32.4. The largest absolute Gasteiger partial charge is 0.339 e. The number of fused-ring (bicyclic) bond motifs is 1. The van der Waals surface area contributed by atoms with Gasteiger partial charge in [0.25, 0.3) is 5.56 Å². The van der Waals surface area contributed by atoms with Gasteiger partial charge in [0, 0.05) is 20.5 Å². The number of hydrogen-bond acceptors (Lipinski definition) is 6. The first-order valence-corrected chi connectivity index (χ1v) is 6.45. The van der Waals surface area contributed by atoms with Crippen molar-refractivity contribution in [3.8, 4) is 0 Å². The Hall–Kier alpha value is -2.71. The standard InChI is InChI=1S/C12H14N6O3/c1-4-8-14-7(15-21-8)5-18-6-13-10-9(18)11(19)17(3)12(20)16(10)2/h6H,4-5H2,1-3H3. The molecule has 0 saturated heterocycles. The molecule has 3 aromatic rings. The highest BCUT2D eigenvalue weighted by Gasteiger charge is 2.15. The van der Waals surface area contributed by atoms with E-state index < -0.39 is 11.2 Å². The SMILES string of the molecule is CCc1nc(Cn2cnc3c2c(=O)n(C)c(=O)n3C)no1. The molecule has 0 amide bonds. The molecule has 0 atom stereocenters. The maximum Gasteiger partial charge on any atom is 0.332 e. The van der Waals surface area contributed by atoms with E-state index in [1.807, 2.05) is 6.92 Å². The predicted molar refractivity (Wildman–Crippen MR) is 73.0 cm³/mol. The Kier molecular flexibility index (Phi) is 2.96. The second-order valence-electron chi connectivity index (χ2n) is 4.71. The van der Waals surface area contributed by atoms with Crippen molar-refractivity contribution >= 4 is 11.2 Å². The van der Waals surface area contributed by atoms with E-state index in [1.54, 1.807) is 11.6 Å². The van der Waals surface area contributed by atoms with Crippen LogP contribution in [0.25, 0.3) is 11.2 Å². The van der Waals surface area contributed by atoms with Crippen molar-refractivity contribution < 1.29 is 4.52 Å². The van der Waals surface area contributed by atoms with Crippen LogP contribution in [0.1, 0.15) is 18.6 Å². The zero-order valence-electron chi connectivity index (χ0n) is 11.9. The van der Waals surface area contributed by atoms with E-state index in [0.717, 1.165) is 4.57 Å². The van der Waals surface area contributed by atoms with Gasteiger partial charge in [-0.1, -0.05) is 12.1 Å². The lowest BCUT2D eigenvalue weighted by molar-refractivity contribution is 0.375. The summed E-state index contributed by atoms with van der Waals surface area (Å²) in [7, 11) is 3.01. The lowest BCUT2D eigenvalue weighted by Gasteiger charge is -2.04. The van der Waals surface area contributed by atoms with Gasteiger partial charge in [-0.2, -0.15) is 4.98 Å². The fourth-order valence-electron chi connectivity index (χ4n) is 2.17. The molecule has 0 aliphatic heterocycles. The Morgan fingerprint density at radius 3 is 2.67 bits per heavy atom. The quantitative estimate of drug-likeness (QED) is 0.640. The predicted octanol–water partition coefficient (Wildman–Crippen LogP) is -0.573. The minimum absolute atomic E-state index is 0.257. The summed E-state index contributed by atoms with van der Waals surface area (Å²) >= 11 is 0. The van der Waals surface area contributed by atoms with Gasteiger partial charge < -0.3 is 9.09 Å². The molecule has 3 aromatic heterocycles. The van der Waals surface area contributed by atoms with Crippen molar-refractivity contribution in [3.05, 3.63) is 38.9 Å². The molecule has 0 aliphatic rings. The van der Waals surface area contributed by atoms with Gasteiger partial charge >= 0.3 is 5.69 Å². The normalized spacial score (nSPS) is 11.4.